The van der Waals surface area contributed by atoms with Gasteiger partial charge in [-0.15, -0.1) is 11.3 Å². The smallest absolute Gasteiger partial charge is 0.287 e. The lowest BCUT2D eigenvalue weighted by Crippen LogP contribution is -2.27. The summed E-state index contributed by atoms with van der Waals surface area (Å²) in [4.78, 5) is 25.9. The number of aromatic nitrogens is 2. The molecule has 0 aliphatic rings. The van der Waals surface area contributed by atoms with Gasteiger partial charge in [-0.25, -0.2) is 4.68 Å². The number of thiophene rings is 1. The highest BCUT2D eigenvalue weighted by Gasteiger charge is 2.15. The van der Waals surface area contributed by atoms with E-state index >= 15 is 0 Å². The molecule has 7 heteroatoms. The molecule has 2 aromatic heterocycles. The van der Waals surface area contributed by atoms with Crippen LogP contribution in [0, 0.1) is 13.8 Å². The Balaban J connectivity index is 2.32. The van der Waals surface area contributed by atoms with Gasteiger partial charge >= 0.3 is 0 Å². The third-order valence-corrected chi connectivity index (χ3v) is 4.29. The summed E-state index contributed by atoms with van der Waals surface area (Å²) in [5.41, 5.74) is 0.0504. The number of halogens is 2. The number of hydrogen-bond donors (Lipinski definition) is 0. The summed E-state index contributed by atoms with van der Waals surface area (Å²) >= 11 is 13.0. The molecule has 0 unspecified atom stereocenters. The fourth-order valence-corrected chi connectivity index (χ4v) is 2.90. The second kappa shape index (κ2) is 5.45. The Bertz CT molecular complexity index is 706. The minimum absolute atomic E-state index is 0.0814. The number of hydrogen-bond acceptors (Lipinski definition) is 4. The van der Waals surface area contributed by atoms with E-state index in [1.54, 1.807) is 11.3 Å². The molecule has 0 saturated carbocycles. The fraction of sp³-hybridized carbons (Fsp3) is 0.250. The van der Waals surface area contributed by atoms with E-state index in [1.807, 2.05) is 19.9 Å². The van der Waals surface area contributed by atoms with Gasteiger partial charge in [-0.3, -0.25) is 9.59 Å². The Morgan fingerprint density at radius 1 is 1.42 bits per heavy atom. The van der Waals surface area contributed by atoms with Gasteiger partial charge in [-0.05, 0) is 19.9 Å². The van der Waals surface area contributed by atoms with Crippen molar-refractivity contribution in [3.63, 3.8) is 0 Å². The van der Waals surface area contributed by atoms with Crippen LogP contribution in [0.2, 0.25) is 10.0 Å². The number of Topliss-reactive ketones (excluding diaryl/α,β-unsaturated/α-hetero) is 1. The first kappa shape index (κ1) is 14.2. The molecule has 0 amide bonds. The standard InChI is InChI=1S/C12H10Cl2N2O2S/c1-6-3-8(7(2)19-6)10(17)5-16-12(18)11(14)9(13)4-15-16/h3-4H,5H2,1-2H3. The van der Waals surface area contributed by atoms with E-state index < -0.39 is 5.56 Å². The zero-order valence-corrected chi connectivity index (χ0v) is 12.6. The third-order valence-electron chi connectivity index (χ3n) is 2.58. The SMILES string of the molecule is Cc1cc(C(=O)Cn2ncc(Cl)c(Cl)c2=O)c(C)s1. The Kier molecular flexibility index (Phi) is 4.08. The average Bonchev–Trinajstić information content (AvgIpc) is 2.69. The molecule has 0 fully saturated rings. The van der Waals surface area contributed by atoms with Crippen molar-refractivity contribution in [3.05, 3.63) is 48.0 Å². The van der Waals surface area contributed by atoms with Gasteiger partial charge in [0, 0.05) is 15.3 Å². The van der Waals surface area contributed by atoms with Gasteiger partial charge in [0.25, 0.3) is 5.56 Å². The van der Waals surface area contributed by atoms with Gasteiger partial charge in [0.2, 0.25) is 0 Å². The number of aryl methyl sites for hydroxylation is 2. The van der Waals surface area contributed by atoms with Crippen LogP contribution in [0.25, 0.3) is 0 Å². The Hall–Kier alpha value is -1.17. The molecule has 0 aliphatic carbocycles. The maximum absolute atomic E-state index is 12.1. The summed E-state index contributed by atoms with van der Waals surface area (Å²) < 4.78 is 1.02. The molecular formula is C12H10Cl2N2O2S. The van der Waals surface area contributed by atoms with Crippen LogP contribution in [-0.2, 0) is 6.54 Å². The molecule has 2 heterocycles. The fourth-order valence-electron chi connectivity index (χ4n) is 1.69. The molecule has 0 bridgehead atoms. The highest BCUT2D eigenvalue weighted by atomic mass is 35.5. The van der Waals surface area contributed by atoms with Gasteiger partial charge < -0.3 is 0 Å². The van der Waals surface area contributed by atoms with Crippen molar-refractivity contribution in [2.24, 2.45) is 0 Å². The van der Waals surface area contributed by atoms with Gasteiger partial charge in [0.05, 0.1) is 11.2 Å². The first-order valence-corrected chi connectivity index (χ1v) is 6.98. The van der Waals surface area contributed by atoms with E-state index in [1.165, 1.54) is 6.20 Å². The maximum Gasteiger partial charge on any atom is 0.287 e. The number of carbonyl (C=O) groups excluding carboxylic acids is 1. The predicted octanol–water partition coefficient (Wildman–Crippen LogP) is 3.11. The van der Waals surface area contributed by atoms with E-state index in [0.717, 1.165) is 14.4 Å². The van der Waals surface area contributed by atoms with E-state index in [0.29, 0.717) is 5.56 Å². The normalized spacial score (nSPS) is 10.7. The van der Waals surface area contributed by atoms with Crippen molar-refractivity contribution in [2.45, 2.75) is 20.4 Å². The van der Waals surface area contributed by atoms with Crippen LogP contribution in [0.3, 0.4) is 0 Å². The van der Waals surface area contributed by atoms with Crippen molar-refractivity contribution in [1.29, 1.82) is 0 Å². The Morgan fingerprint density at radius 2 is 2.11 bits per heavy atom. The lowest BCUT2D eigenvalue weighted by Gasteiger charge is -2.04. The maximum atomic E-state index is 12.1. The Labute approximate surface area is 123 Å². The summed E-state index contributed by atoms with van der Waals surface area (Å²) in [5.74, 6) is -0.171. The van der Waals surface area contributed by atoms with Crippen LogP contribution in [0.15, 0.2) is 17.1 Å². The van der Waals surface area contributed by atoms with Gasteiger partial charge in [-0.2, -0.15) is 5.10 Å². The topological polar surface area (TPSA) is 52.0 Å². The largest absolute Gasteiger partial charge is 0.292 e. The first-order valence-electron chi connectivity index (χ1n) is 5.41. The zero-order valence-electron chi connectivity index (χ0n) is 10.2. The van der Waals surface area contributed by atoms with Crippen molar-refractivity contribution in [1.82, 2.24) is 9.78 Å². The van der Waals surface area contributed by atoms with Crippen molar-refractivity contribution in [2.75, 3.05) is 0 Å². The van der Waals surface area contributed by atoms with Crippen molar-refractivity contribution >= 4 is 40.3 Å². The van der Waals surface area contributed by atoms with Crippen LogP contribution in [0.5, 0.6) is 0 Å². The molecule has 0 N–H and O–H groups in total. The first-order chi connectivity index (χ1) is 8.90. The zero-order chi connectivity index (χ0) is 14.2. The molecule has 19 heavy (non-hydrogen) atoms. The summed E-state index contributed by atoms with van der Waals surface area (Å²) in [6.07, 6.45) is 1.25. The number of rotatable bonds is 3. The van der Waals surface area contributed by atoms with Crippen LogP contribution in [0.1, 0.15) is 20.1 Å². The number of ketones is 1. The monoisotopic (exact) mass is 316 g/mol. The number of nitrogens with zero attached hydrogens (tertiary/aromatic N) is 2. The van der Waals surface area contributed by atoms with Gasteiger partial charge in [-0.1, -0.05) is 23.2 Å². The molecule has 0 aromatic carbocycles. The van der Waals surface area contributed by atoms with Crippen molar-refractivity contribution < 1.29 is 4.79 Å². The van der Waals surface area contributed by atoms with E-state index in [-0.39, 0.29) is 22.4 Å². The number of carbonyl (C=O) groups is 1. The quantitative estimate of drug-likeness (QED) is 0.817. The second-order valence-corrected chi connectivity index (χ2v) is 6.26. The highest BCUT2D eigenvalue weighted by Crippen LogP contribution is 2.21. The average molecular weight is 317 g/mol. The minimum Gasteiger partial charge on any atom is -0.292 e. The lowest BCUT2D eigenvalue weighted by molar-refractivity contribution is 0.0965. The lowest BCUT2D eigenvalue weighted by atomic mass is 10.1. The molecule has 0 spiro atoms. The molecule has 0 saturated heterocycles. The summed E-state index contributed by atoms with van der Waals surface area (Å²) in [6.45, 7) is 3.65. The van der Waals surface area contributed by atoms with Crippen LogP contribution < -0.4 is 5.56 Å². The highest BCUT2D eigenvalue weighted by molar-refractivity contribution is 7.12. The van der Waals surface area contributed by atoms with E-state index in [9.17, 15) is 9.59 Å². The Morgan fingerprint density at radius 3 is 2.68 bits per heavy atom. The van der Waals surface area contributed by atoms with E-state index in [2.05, 4.69) is 5.10 Å². The summed E-state index contributed by atoms with van der Waals surface area (Å²) in [7, 11) is 0. The van der Waals surface area contributed by atoms with Crippen molar-refractivity contribution in [3.8, 4) is 0 Å². The molecule has 2 aromatic rings. The third kappa shape index (κ3) is 2.88. The van der Waals surface area contributed by atoms with Crippen LogP contribution in [-0.4, -0.2) is 15.6 Å². The van der Waals surface area contributed by atoms with E-state index in [4.69, 9.17) is 23.2 Å². The van der Waals surface area contributed by atoms with Gasteiger partial charge in [0.15, 0.2) is 5.78 Å². The summed E-state index contributed by atoms with van der Waals surface area (Å²) in [6, 6.07) is 1.81. The van der Waals surface area contributed by atoms with Gasteiger partial charge in [0.1, 0.15) is 11.6 Å². The minimum atomic E-state index is -0.563. The van der Waals surface area contributed by atoms with Crippen LogP contribution >= 0.6 is 34.5 Å². The summed E-state index contributed by atoms with van der Waals surface area (Å²) in [5, 5.41) is 3.77. The molecule has 4 nitrogen and oxygen atoms in total. The second-order valence-electron chi connectivity index (χ2n) is 4.02. The molecule has 0 radical (unpaired) electrons. The van der Waals surface area contributed by atoms with Crippen LogP contribution in [0.4, 0.5) is 0 Å². The molecule has 0 atom stereocenters. The molecule has 2 rings (SSSR count). The molecular weight excluding hydrogens is 307 g/mol. The molecule has 0 aliphatic heterocycles. The molecule has 100 valence electrons. The predicted molar refractivity (Wildman–Crippen MR) is 76.6 cm³/mol.